The maximum absolute atomic E-state index is 12.6. The van der Waals surface area contributed by atoms with Gasteiger partial charge in [0.05, 0.1) is 31.9 Å². The quantitative estimate of drug-likeness (QED) is 0.814. The van der Waals surface area contributed by atoms with E-state index in [1.54, 1.807) is 0 Å². The first kappa shape index (κ1) is 16.8. The van der Waals surface area contributed by atoms with E-state index in [1.807, 2.05) is 42.5 Å². The van der Waals surface area contributed by atoms with Crippen LogP contribution in [0.4, 0.5) is 10.5 Å². The van der Waals surface area contributed by atoms with E-state index in [1.165, 1.54) is 6.42 Å². The standard InChI is InChI=1S/C23H26N2O2/c1-25(2)21-12-16(13-22(25)19-14-18(19)21)27-23(26)24-20-11-7-6-10-17(20)15-8-4-3-5-9-15/h3-11,16,18-19,21-22H,12-14H2,1-2H3/p+1/t16?,18?,19?,21-,22+. The largest absolute Gasteiger partial charge is 0.445 e. The van der Waals surface area contributed by atoms with Crippen LogP contribution in [0.3, 0.4) is 0 Å². The van der Waals surface area contributed by atoms with Crippen LogP contribution in [0.2, 0.25) is 0 Å². The van der Waals surface area contributed by atoms with Crippen molar-refractivity contribution in [3.05, 3.63) is 54.6 Å². The number of ether oxygens (including phenoxy) is 1. The number of anilines is 1. The number of carbonyl (C=O) groups excluding carboxylic acids is 1. The van der Waals surface area contributed by atoms with E-state index in [0.717, 1.165) is 46.0 Å². The molecule has 1 amide bonds. The molecule has 1 saturated carbocycles. The van der Waals surface area contributed by atoms with Gasteiger partial charge in [-0.25, -0.2) is 4.79 Å². The minimum Gasteiger partial charge on any atom is -0.445 e. The SMILES string of the molecule is C[N+]1(C)[C@@H]2CC(OC(=O)Nc3ccccc3-c3ccccc3)C[C@H]1C1CC12. The summed E-state index contributed by atoms with van der Waals surface area (Å²) in [6.07, 6.45) is 3.10. The van der Waals surface area contributed by atoms with E-state index in [2.05, 4.69) is 31.5 Å². The molecule has 27 heavy (non-hydrogen) atoms. The van der Waals surface area contributed by atoms with Crippen molar-refractivity contribution in [2.45, 2.75) is 37.5 Å². The maximum Gasteiger partial charge on any atom is 0.411 e. The van der Waals surface area contributed by atoms with E-state index < -0.39 is 0 Å². The van der Waals surface area contributed by atoms with Gasteiger partial charge in [0.2, 0.25) is 0 Å². The number of quaternary nitrogens is 1. The predicted octanol–water partition coefficient (Wildman–Crippen LogP) is 4.53. The number of hydrogen-bond acceptors (Lipinski definition) is 2. The molecule has 3 fully saturated rings. The summed E-state index contributed by atoms with van der Waals surface area (Å²) >= 11 is 0. The molecule has 1 aliphatic carbocycles. The molecule has 2 aromatic rings. The van der Waals surface area contributed by atoms with E-state index in [4.69, 9.17) is 4.74 Å². The molecule has 2 saturated heterocycles. The molecule has 2 heterocycles. The Morgan fingerprint density at radius 3 is 2.26 bits per heavy atom. The molecule has 3 aliphatic rings. The van der Waals surface area contributed by atoms with Crippen molar-refractivity contribution in [1.29, 1.82) is 0 Å². The second kappa shape index (κ2) is 6.10. The number of para-hydroxylation sites is 1. The lowest BCUT2D eigenvalue weighted by atomic mass is 9.93. The van der Waals surface area contributed by atoms with Crippen LogP contribution in [-0.4, -0.2) is 42.9 Å². The van der Waals surface area contributed by atoms with Crippen LogP contribution in [0.25, 0.3) is 11.1 Å². The van der Waals surface area contributed by atoms with Gasteiger partial charge in [0.25, 0.3) is 0 Å². The van der Waals surface area contributed by atoms with Gasteiger partial charge in [-0.1, -0.05) is 48.5 Å². The van der Waals surface area contributed by atoms with Crippen LogP contribution in [0, 0.1) is 11.8 Å². The van der Waals surface area contributed by atoms with Crippen molar-refractivity contribution in [3.8, 4) is 11.1 Å². The minimum absolute atomic E-state index is 0.0443. The average Bonchev–Trinajstić information content (AvgIpc) is 3.41. The van der Waals surface area contributed by atoms with Crippen LogP contribution in [0.5, 0.6) is 0 Å². The van der Waals surface area contributed by atoms with Gasteiger partial charge in [0.15, 0.2) is 0 Å². The Kier molecular flexibility index (Phi) is 3.80. The number of benzene rings is 2. The first-order chi connectivity index (χ1) is 13.0. The number of fused-ring (bicyclic) bond motifs is 5. The number of hydrogen-bond donors (Lipinski definition) is 1. The lowest BCUT2D eigenvalue weighted by Gasteiger charge is -2.46. The number of nitrogens with one attached hydrogen (secondary N) is 1. The predicted molar refractivity (Wildman–Crippen MR) is 106 cm³/mol. The Morgan fingerprint density at radius 2 is 1.56 bits per heavy atom. The van der Waals surface area contributed by atoms with Gasteiger partial charge in [-0.15, -0.1) is 0 Å². The van der Waals surface area contributed by atoms with E-state index >= 15 is 0 Å². The molecule has 3 unspecified atom stereocenters. The molecule has 0 spiro atoms. The third-order valence-corrected chi connectivity index (χ3v) is 7.12. The van der Waals surface area contributed by atoms with Crippen LogP contribution in [0.1, 0.15) is 19.3 Å². The van der Waals surface area contributed by atoms with Gasteiger partial charge in [0, 0.05) is 30.2 Å². The normalized spacial score (nSPS) is 32.4. The molecule has 0 aromatic heterocycles. The third-order valence-electron chi connectivity index (χ3n) is 7.12. The summed E-state index contributed by atoms with van der Waals surface area (Å²) in [4.78, 5) is 12.6. The average molecular weight is 363 g/mol. The third kappa shape index (κ3) is 2.83. The number of rotatable bonds is 3. The maximum atomic E-state index is 12.6. The van der Waals surface area contributed by atoms with Crippen molar-refractivity contribution < 1.29 is 14.0 Å². The summed E-state index contributed by atoms with van der Waals surface area (Å²) < 4.78 is 6.99. The lowest BCUT2D eigenvalue weighted by Crippen LogP contribution is -2.58. The number of amides is 1. The van der Waals surface area contributed by atoms with Crippen LogP contribution < -0.4 is 5.32 Å². The lowest BCUT2D eigenvalue weighted by molar-refractivity contribution is -0.937. The van der Waals surface area contributed by atoms with Crippen LogP contribution in [0.15, 0.2) is 54.6 Å². The van der Waals surface area contributed by atoms with Gasteiger partial charge in [-0.3, -0.25) is 5.32 Å². The second-order valence-corrected chi connectivity index (χ2v) is 8.86. The molecule has 140 valence electrons. The number of piperidine rings is 2. The molecular formula is C23H27N2O2+. The van der Waals surface area contributed by atoms with Gasteiger partial charge >= 0.3 is 6.09 Å². The molecule has 2 aliphatic heterocycles. The van der Waals surface area contributed by atoms with Crippen molar-refractivity contribution in [1.82, 2.24) is 0 Å². The highest BCUT2D eigenvalue weighted by atomic mass is 16.6. The van der Waals surface area contributed by atoms with E-state index in [-0.39, 0.29) is 12.2 Å². The first-order valence-electron chi connectivity index (χ1n) is 9.99. The minimum atomic E-state index is -0.330. The Morgan fingerprint density at radius 1 is 0.926 bits per heavy atom. The Labute approximate surface area is 160 Å². The van der Waals surface area contributed by atoms with Crippen molar-refractivity contribution in [3.63, 3.8) is 0 Å². The van der Waals surface area contributed by atoms with Crippen molar-refractivity contribution >= 4 is 11.8 Å². The molecule has 2 aromatic carbocycles. The number of nitrogens with zero attached hydrogens (tertiary/aromatic N) is 1. The van der Waals surface area contributed by atoms with Crippen LogP contribution >= 0.6 is 0 Å². The molecule has 0 radical (unpaired) electrons. The molecule has 4 heteroatoms. The summed E-state index contributed by atoms with van der Waals surface area (Å²) in [5.74, 6) is 1.72. The van der Waals surface area contributed by atoms with Gasteiger partial charge in [0.1, 0.15) is 6.10 Å². The van der Waals surface area contributed by atoms with Crippen molar-refractivity contribution in [2.24, 2.45) is 11.8 Å². The van der Waals surface area contributed by atoms with E-state index in [9.17, 15) is 4.79 Å². The molecular weight excluding hydrogens is 336 g/mol. The zero-order chi connectivity index (χ0) is 18.6. The van der Waals surface area contributed by atoms with Crippen molar-refractivity contribution in [2.75, 3.05) is 19.4 Å². The van der Waals surface area contributed by atoms with Gasteiger partial charge < -0.3 is 9.22 Å². The second-order valence-electron chi connectivity index (χ2n) is 8.86. The summed E-state index contributed by atoms with van der Waals surface area (Å²) in [7, 11) is 4.71. The monoisotopic (exact) mass is 363 g/mol. The Hall–Kier alpha value is -2.33. The first-order valence-corrected chi connectivity index (χ1v) is 9.99. The Bertz CT molecular complexity index is 844. The number of carbonyl (C=O) groups is 1. The zero-order valence-electron chi connectivity index (χ0n) is 16.0. The Balaban J connectivity index is 1.28. The fourth-order valence-electron chi connectivity index (χ4n) is 5.73. The molecule has 4 nitrogen and oxygen atoms in total. The molecule has 5 atom stereocenters. The van der Waals surface area contributed by atoms with Gasteiger partial charge in [-0.05, 0) is 18.1 Å². The fraction of sp³-hybridized carbons (Fsp3) is 0.435. The smallest absolute Gasteiger partial charge is 0.411 e. The molecule has 2 bridgehead atoms. The summed E-state index contributed by atoms with van der Waals surface area (Å²) in [5, 5.41) is 2.98. The molecule has 5 rings (SSSR count). The summed E-state index contributed by atoms with van der Waals surface area (Å²) in [6, 6.07) is 19.3. The molecule has 1 N–H and O–H groups in total. The topological polar surface area (TPSA) is 38.3 Å². The highest BCUT2D eigenvalue weighted by molar-refractivity contribution is 5.91. The van der Waals surface area contributed by atoms with E-state index in [0.29, 0.717) is 12.1 Å². The fourth-order valence-corrected chi connectivity index (χ4v) is 5.73. The zero-order valence-corrected chi connectivity index (χ0v) is 16.0. The highest BCUT2D eigenvalue weighted by Crippen LogP contribution is 2.60. The summed E-state index contributed by atoms with van der Waals surface area (Å²) in [5.41, 5.74) is 2.90. The van der Waals surface area contributed by atoms with Gasteiger partial charge in [-0.2, -0.15) is 0 Å². The summed E-state index contributed by atoms with van der Waals surface area (Å²) in [6.45, 7) is 0. The van der Waals surface area contributed by atoms with Crippen LogP contribution in [-0.2, 0) is 4.74 Å². The highest BCUT2D eigenvalue weighted by Gasteiger charge is 2.68.